The van der Waals surface area contributed by atoms with Crippen molar-refractivity contribution in [1.82, 2.24) is 0 Å². The lowest BCUT2D eigenvalue weighted by Crippen LogP contribution is -2.05. The van der Waals surface area contributed by atoms with Gasteiger partial charge in [-0.25, -0.2) is 0 Å². The van der Waals surface area contributed by atoms with Crippen molar-refractivity contribution < 1.29 is 14.2 Å². The van der Waals surface area contributed by atoms with E-state index in [0.717, 1.165) is 38.5 Å². The molecular formula is C9H17NO3. The van der Waals surface area contributed by atoms with Crippen molar-refractivity contribution in [2.24, 2.45) is 4.99 Å². The lowest BCUT2D eigenvalue weighted by Gasteiger charge is -2.03. The fourth-order valence-corrected chi connectivity index (χ4v) is 1.10. The van der Waals surface area contributed by atoms with E-state index in [0.29, 0.717) is 13.2 Å². The van der Waals surface area contributed by atoms with Crippen LogP contribution >= 0.6 is 0 Å². The molecule has 0 unspecified atom stereocenters. The van der Waals surface area contributed by atoms with Gasteiger partial charge in [-0.1, -0.05) is 0 Å². The van der Waals surface area contributed by atoms with Crippen molar-refractivity contribution in [3.05, 3.63) is 0 Å². The smallest absolute Gasteiger partial charge is 0.183 e. The molecule has 0 fully saturated rings. The molecule has 0 radical (unpaired) electrons. The van der Waals surface area contributed by atoms with Gasteiger partial charge in [0.1, 0.15) is 6.61 Å². The van der Waals surface area contributed by atoms with E-state index in [1.807, 2.05) is 0 Å². The van der Waals surface area contributed by atoms with Crippen LogP contribution in [0.2, 0.25) is 0 Å². The predicted octanol–water partition coefficient (Wildman–Crippen LogP) is 0.858. The minimum absolute atomic E-state index is 0.664. The van der Waals surface area contributed by atoms with Crippen LogP contribution in [0.3, 0.4) is 0 Å². The van der Waals surface area contributed by atoms with Gasteiger partial charge in [-0.05, 0) is 6.42 Å². The Bertz CT molecular complexity index is 159. The third kappa shape index (κ3) is 4.85. The molecule has 1 rings (SSSR count). The zero-order valence-corrected chi connectivity index (χ0v) is 8.12. The predicted molar refractivity (Wildman–Crippen MR) is 50.2 cm³/mol. The van der Waals surface area contributed by atoms with E-state index in [9.17, 15) is 0 Å². The average Bonchev–Trinajstić information content (AvgIpc) is 2.63. The first-order valence-corrected chi connectivity index (χ1v) is 4.66. The van der Waals surface area contributed by atoms with Gasteiger partial charge in [-0.15, -0.1) is 0 Å². The molecule has 0 saturated carbocycles. The summed E-state index contributed by atoms with van der Waals surface area (Å²) in [6, 6.07) is 0. The second kappa shape index (κ2) is 6.86. The Morgan fingerprint density at radius 2 is 2.31 bits per heavy atom. The molecule has 4 heteroatoms. The maximum Gasteiger partial charge on any atom is 0.183 e. The molecular weight excluding hydrogens is 170 g/mol. The number of ether oxygens (including phenoxy) is 3. The summed E-state index contributed by atoms with van der Waals surface area (Å²) in [4.78, 5) is 4.18. The van der Waals surface area contributed by atoms with Crippen LogP contribution in [0.15, 0.2) is 4.99 Å². The highest BCUT2D eigenvalue weighted by atomic mass is 16.5. The molecule has 13 heavy (non-hydrogen) atoms. The third-order valence-corrected chi connectivity index (χ3v) is 1.76. The quantitative estimate of drug-likeness (QED) is 0.555. The number of hydrogen-bond acceptors (Lipinski definition) is 4. The molecule has 76 valence electrons. The van der Waals surface area contributed by atoms with Gasteiger partial charge in [0, 0.05) is 20.1 Å². The largest absolute Gasteiger partial charge is 0.479 e. The maximum atomic E-state index is 5.30. The molecule has 0 atom stereocenters. The first kappa shape index (κ1) is 10.5. The molecule has 0 spiro atoms. The van der Waals surface area contributed by atoms with Gasteiger partial charge in [0.25, 0.3) is 0 Å². The molecule has 0 N–H and O–H groups in total. The molecule has 1 aliphatic rings. The van der Waals surface area contributed by atoms with Crippen molar-refractivity contribution in [1.29, 1.82) is 0 Å². The van der Waals surface area contributed by atoms with Gasteiger partial charge in [0.15, 0.2) is 5.90 Å². The summed E-state index contributed by atoms with van der Waals surface area (Å²) in [5.41, 5.74) is 0. The highest BCUT2D eigenvalue weighted by Crippen LogP contribution is 2.01. The number of nitrogens with zero attached hydrogens (tertiary/aromatic N) is 1. The van der Waals surface area contributed by atoms with Gasteiger partial charge in [0.2, 0.25) is 0 Å². The molecule has 0 aromatic heterocycles. The van der Waals surface area contributed by atoms with Crippen LogP contribution in [0, 0.1) is 0 Å². The van der Waals surface area contributed by atoms with Gasteiger partial charge in [-0.2, -0.15) is 0 Å². The van der Waals surface area contributed by atoms with Crippen molar-refractivity contribution >= 4 is 5.90 Å². The zero-order chi connectivity index (χ0) is 9.36. The number of methoxy groups -OCH3 is 1. The number of rotatable bonds is 7. The standard InChI is InChI=1S/C9H17NO3/c1-11-7-8-12-5-2-3-9-10-4-6-13-9/h2-8H2,1H3. The van der Waals surface area contributed by atoms with E-state index in [-0.39, 0.29) is 0 Å². The molecule has 0 amide bonds. The molecule has 0 bridgehead atoms. The topological polar surface area (TPSA) is 40.0 Å². The van der Waals surface area contributed by atoms with E-state index in [4.69, 9.17) is 14.2 Å². The second-order valence-electron chi connectivity index (χ2n) is 2.83. The Balaban J connectivity index is 1.83. The van der Waals surface area contributed by atoms with E-state index < -0.39 is 0 Å². The molecule has 0 aliphatic carbocycles. The summed E-state index contributed by atoms with van der Waals surface area (Å²) in [5.74, 6) is 0.885. The highest BCUT2D eigenvalue weighted by Gasteiger charge is 2.05. The van der Waals surface area contributed by atoms with Crippen molar-refractivity contribution in [2.75, 3.05) is 40.1 Å². The summed E-state index contributed by atoms with van der Waals surface area (Å²) in [6.07, 6.45) is 1.87. The highest BCUT2D eigenvalue weighted by molar-refractivity contribution is 5.77. The fourth-order valence-electron chi connectivity index (χ4n) is 1.10. The van der Waals surface area contributed by atoms with Crippen molar-refractivity contribution in [2.45, 2.75) is 12.8 Å². The monoisotopic (exact) mass is 187 g/mol. The number of hydrogen-bond donors (Lipinski definition) is 0. The minimum atomic E-state index is 0.664. The normalized spacial score (nSPS) is 15.6. The Kier molecular flexibility index (Phi) is 5.52. The summed E-state index contributed by atoms with van der Waals surface area (Å²) < 4.78 is 15.4. The maximum absolute atomic E-state index is 5.30. The lowest BCUT2D eigenvalue weighted by atomic mass is 10.3. The Labute approximate surface area is 78.9 Å². The van der Waals surface area contributed by atoms with Crippen LogP contribution in [0.4, 0.5) is 0 Å². The molecule has 1 aliphatic heterocycles. The van der Waals surface area contributed by atoms with Crippen LogP contribution in [-0.4, -0.2) is 46.0 Å². The summed E-state index contributed by atoms with van der Waals surface area (Å²) in [5, 5.41) is 0. The van der Waals surface area contributed by atoms with Crippen molar-refractivity contribution in [3.8, 4) is 0 Å². The summed E-state index contributed by atoms with van der Waals surface area (Å²) in [7, 11) is 1.67. The van der Waals surface area contributed by atoms with Gasteiger partial charge >= 0.3 is 0 Å². The second-order valence-corrected chi connectivity index (χ2v) is 2.83. The zero-order valence-electron chi connectivity index (χ0n) is 8.12. The fraction of sp³-hybridized carbons (Fsp3) is 0.889. The van der Waals surface area contributed by atoms with Gasteiger partial charge in [-0.3, -0.25) is 4.99 Å². The average molecular weight is 187 g/mol. The molecule has 4 nitrogen and oxygen atoms in total. The van der Waals surface area contributed by atoms with Crippen LogP contribution in [0.1, 0.15) is 12.8 Å². The van der Waals surface area contributed by atoms with Crippen LogP contribution in [0.25, 0.3) is 0 Å². The third-order valence-electron chi connectivity index (χ3n) is 1.76. The Morgan fingerprint density at radius 3 is 3.00 bits per heavy atom. The first-order valence-electron chi connectivity index (χ1n) is 4.66. The molecule has 1 heterocycles. The van der Waals surface area contributed by atoms with E-state index >= 15 is 0 Å². The molecule has 0 aromatic carbocycles. The van der Waals surface area contributed by atoms with Crippen LogP contribution < -0.4 is 0 Å². The van der Waals surface area contributed by atoms with E-state index in [1.165, 1.54) is 0 Å². The van der Waals surface area contributed by atoms with Crippen LogP contribution in [-0.2, 0) is 14.2 Å². The SMILES string of the molecule is COCCOCCCC1=NCCO1. The first-order chi connectivity index (χ1) is 6.43. The minimum Gasteiger partial charge on any atom is -0.479 e. The Morgan fingerprint density at radius 1 is 1.38 bits per heavy atom. The van der Waals surface area contributed by atoms with E-state index in [2.05, 4.69) is 4.99 Å². The summed E-state index contributed by atoms with van der Waals surface area (Å²) in [6.45, 7) is 3.66. The summed E-state index contributed by atoms with van der Waals surface area (Å²) >= 11 is 0. The van der Waals surface area contributed by atoms with Crippen molar-refractivity contribution in [3.63, 3.8) is 0 Å². The molecule has 0 aromatic rings. The Hall–Kier alpha value is -0.610. The van der Waals surface area contributed by atoms with Gasteiger partial charge in [0.05, 0.1) is 19.8 Å². The van der Waals surface area contributed by atoms with Crippen LogP contribution in [0.5, 0.6) is 0 Å². The van der Waals surface area contributed by atoms with E-state index in [1.54, 1.807) is 7.11 Å². The number of aliphatic imine (C=N–C) groups is 1. The lowest BCUT2D eigenvalue weighted by molar-refractivity contribution is 0.0697. The van der Waals surface area contributed by atoms with Gasteiger partial charge < -0.3 is 14.2 Å². The molecule has 0 saturated heterocycles.